The van der Waals surface area contributed by atoms with E-state index >= 15 is 0 Å². The highest BCUT2D eigenvalue weighted by atomic mass is 31.2. The minimum Gasteiger partial charge on any atom is -0.756 e. The number of phenolic OH excluding ortho intramolecular Hbond substituents is 1. The SMILES string of the molecule is C=C(C)[C@@H]1CCC(C)=C[C@H]1c1c(O)cc(CCCCC)cc1OC(=O)C1(OP(=O)([O-])OCC(C)(C)C)CC1. The number of hydrogen-bond donors (Lipinski definition) is 1. The summed E-state index contributed by atoms with van der Waals surface area (Å²) in [7, 11) is -4.73. The van der Waals surface area contributed by atoms with Crippen molar-refractivity contribution in [1.29, 1.82) is 0 Å². The van der Waals surface area contributed by atoms with Gasteiger partial charge in [-0.25, -0.2) is 4.79 Å². The first-order valence-corrected chi connectivity index (χ1v) is 15.2. The Morgan fingerprint density at radius 3 is 2.53 bits per heavy atom. The molecule has 2 aliphatic rings. The minimum absolute atomic E-state index is 0.0631. The van der Waals surface area contributed by atoms with E-state index in [1.807, 2.05) is 27.7 Å². The molecular weight excluding hydrogens is 503 g/mol. The molecule has 3 atom stereocenters. The summed E-state index contributed by atoms with van der Waals surface area (Å²) in [6, 6.07) is 3.56. The van der Waals surface area contributed by atoms with Crippen molar-refractivity contribution in [1.82, 2.24) is 0 Å². The lowest BCUT2D eigenvalue weighted by Gasteiger charge is -2.33. The first-order chi connectivity index (χ1) is 17.7. The van der Waals surface area contributed by atoms with Crippen molar-refractivity contribution in [2.45, 2.75) is 104 Å². The lowest BCUT2D eigenvalue weighted by atomic mass is 9.73. The average Bonchev–Trinajstić information content (AvgIpc) is 3.57. The predicted octanol–water partition coefficient (Wildman–Crippen LogP) is 7.13. The Labute approximate surface area is 227 Å². The van der Waals surface area contributed by atoms with Crippen molar-refractivity contribution in [3.63, 3.8) is 0 Å². The fourth-order valence-corrected chi connectivity index (χ4v) is 6.15. The van der Waals surface area contributed by atoms with Gasteiger partial charge in [-0.15, -0.1) is 0 Å². The van der Waals surface area contributed by atoms with Crippen LogP contribution < -0.4 is 9.63 Å². The van der Waals surface area contributed by atoms with Crippen LogP contribution in [-0.2, 0) is 24.8 Å². The Morgan fingerprint density at radius 1 is 1.26 bits per heavy atom. The molecule has 7 nitrogen and oxygen atoms in total. The Morgan fingerprint density at radius 2 is 1.95 bits per heavy atom. The van der Waals surface area contributed by atoms with Gasteiger partial charge in [-0.1, -0.05) is 64.3 Å². The molecule has 0 heterocycles. The third kappa shape index (κ3) is 8.05. The van der Waals surface area contributed by atoms with Crippen LogP contribution in [0.15, 0.2) is 35.9 Å². The molecule has 8 heteroatoms. The second-order valence-corrected chi connectivity index (χ2v) is 13.6. The molecule has 0 aliphatic heterocycles. The zero-order valence-electron chi connectivity index (χ0n) is 23.8. The van der Waals surface area contributed by atoms with Gasteiger partial charge in [0.1, 0.15) is 11.5 Å². The highest BCUT2D eigenvalue weighted by Gasteiger charge is 2.56. The number of allylic oxidation sites excluding steroid dienone is 3. The van der Waals surface area contributed by atoms with Gasteiger partial charge in [0.25, 0.3) is 7.82 Å². The van der Waals surface area contributed by atoms with E-state index in [4.69, 9.17) is 13.8 Å². The highest BCUT2D eigenvalue weighted by Crippen LogP contribution is 2.54. The number of unbranched alkanes of at least 4 members (excludes halogenated alkanes) is 2. The molecule has 0 spiro atoms. The quantitative estimate of drug-likeness (QED) is 0.0976. The number of carbonyl (C=O) groups excluding carboxylic acids is 1. The summed E-state index contributed by atoms with van der Waals surface area (Å²) in [6.45, 7) is 15.8. The predicted molar refractivity (Wildman–Crippen MR) is 147 cm³/mol. The van der Waals surface area contributed by atoms with Gasteiger partial charge in [0.2, 0.25) is 0 Å². The molecule has 1 unspecified atom stereocenters. The first-order valence-electron chi connectivity index (χ1n) is 13.7. The molecule has 1 saturated carbocycles. The number of phosphoric ester groups is 1. The summed E-state index contributed by atoms with van der Waals surface area (Å²) >= 11 is 0. The number of carbonyl (C=O) groups is 1. The van der Waals surface area contributed by atoms with E-state index in [1.54, 1.807) is 12.1 Å². The second kappa shape index (κ2) is 12.1. The number of phenols is 1. The molecule has 0 bridgehead atoms. The number of aryl methyl sites for hydroxylation is 1. The molecule has 0 radical (unpaired) electrons. The number of benzene rings is 1. The van der Waals surface area contributed by atoms with Gasteiger partial charge in [0, 0.05) is 11.5 Å². The van der Waals surface area contributed by atoms with E-state index in [-0.39, 0.29) is 42.8 Å². The van der Waals surface area contributed by atoms with Crippen LogP contribution in [0.3, 0.4) is 0 Å². The Hall–Kier alpha value is -1.92. The topological polar surface area (TPSA) is 105 Å². The molecule has 0 saturated heterocycles. The Kier molecular flexibility index (Phi) is 9.73. The van der Waals surface area contributed by atoms with E-state index in [0.29, 0.717) is 5.56 Å². The van der Waals surface area contributed by atoms with Crippen LogP contribution in [0.1, 0.15) is 104 Å². The number of ether oxygens (including phenoxy) is 1. The fraction of sp³-hybridized carbons (Fsp3) is 0.633. The maximum atomic E-state index is 13.4. The van der Waals surface area contributed by atoms with E-state index < -0.39 is 24.8 Å². The van der Waals surface area contributed by atoms with Gasteiger partial charge < -0.3 is 19.3 Å². The molecule has 2 aliphatic carbocycles. The van der Waals surface area contributed by atoms with E-state index in [9.17, 15) is 19.4 Å². The average molecular weight is 548 g/mol. The maximum absolute atomic E-state index is 13.4. The molecule has 1 fully saturated rings. The Bertz CT molecular complexity index is 1110. The zero-order chi connectivity index (χ0) is 28.3. The molecule has 3 rings (SSSR count). The van der Waals surface area contributed by atoms with Crippen molar-refractivity contribution in [3.8, 4) is 11.5 Å². The summed E-state index contributed by atoms with van der Waals surface area (Å²) in [4.78, 5) is 25.9. The fourth-order valence-electron chi connectivity index (χ4n) is 4.87. The summed E-state index contributed by atoms with van der Waals surface area (Å²) in [6.07, 6.45) is 8.13. The minimum atomic E-state index is -4.73. The van der Waals surface area contributed by atoms with Crippen LogP contribution >= 0.6 is 7.82 Å². The van der Waals surface area contributed by atoms with E-state index in [1.165, 1.54) is 5.57 Å². The third-order valence-electron chi connectivity index (χ3n) is 7.18. The van der Waals surface area contributed by atoms with Gasteiger partial charge in [-0.05, 0) is 81.4 Å². The maximum Gasteiger partial charge on any atom is 0.344 e. The summed E-state index contributed by atoms with van der Waals surface area (Å²) in [5, 5.41) is 11.2. The van der Waals surface area contributed by atoms with Gasteiger partial charge in [0.15, 0.2) is 5.60 Å². The van der Waals surface area contributed by atoms with Gasteiger partial charge in [-0.3, -0.25) is 9.09 Å². The summed E-state index contributed by atoms with van der Waals surface area (Å²) in [5.74, 6) is -0.618. The molecule has 1 N–H and O–H groups in total. The lowest BCUT2D eigenvalue weighted by Crippen LogP contribution is -2.33. The van der Waals surface area contributed by atoms with Crippen LogP contribution in [-0.4, -0.2) is 23.3 Å². The number of hydrogen-bond acceptors (Lipinski definition) is 7. The van der Waals surface area contributed by atoms with Crippen molar-refractivity contribution in [3.05, 3.63) is 47.1 Å². The van der Waals surface area contributed by atoms with Crippen molar-refractivity contribution in [2.75, 3.05) is 6.61 Å². The number of rotatable bonds is 12. The highest BCUT2D eigenvalue weighted by molar-refractivity contribution is 7.46. The summed E-state index contributed by atoms with van der Waals surface area (Å²) < 4.78 is 28.8. The van der Waals surface area contributed by atoms with Crippen LogP contribution in [0, 0.1) is 11.3 Å². The van der Waals surface area contributed by atoms with Crippen LogP contribution in [0.5, 0.6) is 11.5 Å². The van der Waals surface area contributed by atoms with Gasteiger partial charge in [0.05, 0.1) is 6.61 Å². The van der Waals surface area contributed by atoms with Crippen molar-refractivity contribution in [2.24, 2.45) is 11.3 Å². The number of phosphoric acid groups is 1. The largest absolute Gasteiger partial charge is 0.756 e. The second-order valence-electron chi connectivity index (χ2n) is 12.3. The summed E-state index contributed by atoms with van der Waals surface area (Å²) in [5.41, 5.74) is 1.58. The van der Waals surface area contributed by atoms with Crippen LogP contribution in [0.4, 0.5) is 0 Å². The standard InChI is InChI=1S/C30H45O7P/c1-8-9-10-11-22-17-25(31)27(24-16-21(4)12-13-23(24)20(2)3)26(18-22)36-28(32)30(14-15-30)37-38(33,34)35-19-29(5,6)7/h16-18,23-24,31H,2,8-15,19H2,1,3-7H3,(H,33,34)/p-1/t23-,24+/m0/s1. The molecule has 38 heavy (non-hydrogen) atoms. The third-order valence-corrected chi connectivity index (χ3v) is 8.20. The molecule has 0 aromatic heterocycles. The monoisotopic (exact) mass is 547 g/mol. The van der Waals surface area contributed by atoms with Crippen LogP contribution in [0.25, 0.3) is 0 Å². The van der Waals surface area contributed by atoms with Gasteiger partial charge in [-0.2, -0.15) is 0 Å². The lowest BCUT2D eigenvalue weighted by molar-refractivity contribution is -0.234. The molecule has 212 valence electrons. The molecule has 1 aromatic rings. The zero-order valence-corrected chi connectivity index (χ0v) is 24.7. The smallest absolute Gasteiger partial charge is 0.344 e. The van der Waals surface area contributed by atoms with E-state index in [0.717, 1.165) is 49.7 Å². The first kappa shape index (κ1) is 30.6. The Balaban J connectivity index is 1.94. The molecule has 0 amide bonds. The van der Waals surface area contributed by atoms with Crippen molar-refractivity contribution >= 4 is 13.8 Å². The van der Waals surface area contributed by atoms with Crippen molar-refractivity contribution < 1.29 is 33.1 Å². The van der Waals surface area contributed by atoms with Crippen LogP contribution in [0.2, 0.25) is 0 Å². The number of aromatic hydroxyl groups is 1. The molecular formula is C30H44O7P-. The normalized spacial score (nSPS) is 22.3. The van der Waals surface area contributed by atoms with E-state index in [2.05, 4.69) is 26.5 Å². The number of esters is 1. The van der Waals surface area contributed by atoms with Gasteiger partial charge >= 0.3 is 5.97 Å². The molecule has 1 aromatic carbocycles.